The predicted molar refractivity (Wildman–Crippen MR) is 135 cm³/mol. The highest BCUT2D eigenvalue weighted by Gasteiger charge is 2.49. The maximum absolute atomic E-state index is 14.2. The predicted octanol–water partition coefficient (Wildman–Crippen LogP) is 3.88. The van der Waals surface area contributed by atoms with Crippen LogP contribution in [-0.2, 0) is 4.74 Å². The molecule has 1 amide bonds. The van der Waals surface area contributed by atoms with E-state index >= 15 is 0 Å². The standard InChI is InChI=1S/C25H35FN6O3S/c1-24(2,3)35-23(33)32-11-16-5-6-18(32)13-30(10-16)20-19-21(36-15-27-19)29-22(28-20)34-14-25-7-4-8-31(25)12-17(26)9-25/h15-18H,4-14H2,1-3H3/t16-,17+,18+,25-/m0/s1. The van der Waals surface area contributed by atoms with Crippen molar-refractivity contribution in [2.24, 2.45) is 5.92 Å². The number of alkyl halides is 1. The van der Waals surface area contributed by atoms with Crippen LogP contribution in [0.4, 0.5) is 15.0 Å². The minimum Gasteiger partial charge on any atom is -0.461 e. The van der Waals surface area contributed by atoms with Gasteiger partial charge in [0.1, 0.15) is 23.9 Å². The quantitative estimate of drug-likeness (QED) is 0.603. The van der Waals surface area contributed by atoms with Crippen LogP contribution >= 0.6 is 11.3 Å². The Hall–Kier alpha value is -2.27. The number of amides is 1. The molecular formula is C25H35FN6O3S. The zero-order chi connectivity index (χ0) is 25.1. The number of anilines is 1. The fourth-order valence-corrected chi connectivity index (χ4v) is 7.10. The number of aromatic nitrogens is 3. The zero-order valence-electron chi connectivity index (χ0n) is 21.3. The minimum absolute atomic E-state index is 0.0533. The van der Waals surface area contributed by atoms with Gasteiger partial charge in [-0.2, -0.15) is 9.97 Å². The van der Waals surface area contributed by atoms with Crippen molar-refractivity contribution < 1.29 is 18.7 Å². The minimum atomic E-state index is -0.796. The highest BCUT2D eigenvalue weighted by molar-refractivity contribution is 7.16. The van der Waals surface area contributed by atoms with E-state index in [1.165, 1.54) is 11.3 Å². The first-order valence-electron chi connectivity index (χ1n) is 13.1. The number of thiazole rings is 1. The van der Waals surface area contributed by atoms with Crippen LogP contribution in [0.3, 0.4) is 0 Å². The molecule has 0 spiro atoms. The molecule has 0 N–H and O–H groups in total. The number of piperidine rings is 1. The fourth-order valence-electron chi connectivity index (χ4n) is 6.46. The molecule has 5 fully saturated rings. The van der Waals surface area contributed by atoms with Gasteiger partial charge in [0, 0.05) is 32.6 Å². The van der Waals surface area contributed by atoms with Crippen molar-refractivity contribution >= 4 is 33.6 Å². The van der Waals surface area contributed by atoms with E-state index in [2.05, 4.69) is 19.8 Å². The van der Waals surface area contributed by atoms with E-state index in [9.17, 15) is 9.18 Å². The van der Waals surface area contributed by atoms with Crippen LogP contribution in [0.5, 0.6) is 6.01 Å². The van der Waals surface area contributed by atoms with E-state index in [4.69, 9.17) is 14.5 Å². The first kappa shape index (κ1) is 24.1. The van der Waals surface area contributed by atoms with Crippen molar-refractivity contribution in [3.63, 3.8) is 0 Å². The van der Waals surface area contributed by atoms with E-state index in [0.717, 1.165) is 54.9 Å². The summed E-state index contributed by atoms with van der Waals surface area (Å²) in [4.78, 5) is 34.2. The molecule has 2 aromatic rings. The highest BCUT2D eigenvalue weighted by atomic mass is 32.1. The van der Waals surface area contributed by atoms with Crippen molar-refractivity contribution in [3.8, 4) is 6.01 Å². The molecule has 2 aromatic heterocycles. The maximum atomic E-state index is 14.2. The molecule has 7 heterocycles. The van der Waals surface area contributed by atoms with Gasteiger partial charge in [0.05, 0.1) is 17.1 Å². The molecule has 0 aliphatic carbocycles. The number of hydrogen-bond donors (Lipinski definition) is 0. The first-order chi connectivity index (χ1) is 17.2. The first-order valence-corrected chi connectivity index (χ1v) is 13.9. The lowest BCUT2D eigenvalue weighted by atomic mass is 9.95. The lowest BCUT2D eigenvalue weighted by Gasteiger charge is -2.37. The summed E-state index contributed by atoms with van der Waals surface area (Å²) in [5.74, 6) is 1.09. The largest absolute Gasteiger partial charge is 0.461 e. The van der Waals surface area contributed by atoms with Crippen LogP contribution in [0.1, 0.15) is 52.9 Å². The highest BCUT2D eigenvalue weighted by Crippen LogP contribution is 2.41. The van der Waals surface area contributed by atoms with Gasteiger partial charge in [-0.05, 0) is 58.9 Å². The lowest BCUT2D eigenvalue weighted by Crippen LogP contribution is -2.49. The topological polar surface area (TPSA) is 83.9 Å². The van der Waals surface area contributed by atoms with Gasteiger partial charge in [-0.1, -0.05) is 0 Å². The van der Waals surface area contributed by atoms with Crippen LogP contribution < -0.4 is 9.64 Å². The van der Waals surface area contributed by atoms with Crippen LogP contribution in [0.15, 0.2) is 5.51 Å². The van der Waals surface area contributed by atoms with Gasteiger partial charge in [-0.3, -0.25) is 4.90 Å². The Morgan fingerprint density at radius 1 is 1.22 bits per heavy atom. The Morgan fingerprint density at radius 2 is 2.08 bits per heavy atom. The summed E-state index contributed by atoms with van der Waals surface area (Å²) in [6.45, 7) is 9.67. The van der Waals surface area contributed by atoms with Crippen molar-refractivity contribution in [2.75, 3.05) is 44.2 Å². The van der Waals surface area contributed by atoms with Crippen molar-refractivity contribution in [3.05, 3.63) is 5.51 Å². The van der Waals surface area contributed by atoms with E-state index in [0.29, 0.717) is 44.6 Å². The average molecular weight is 519 g/mol. The molecule has 7 rings (SSSR count). The molecule has 4 atom stereocenters. The molecule has 36 heavy (non-hydrogen) atoms. The molecule has 11 heteroatoms. The van der Waals surface area contributed by atoms with E-state index < -0.39 is 11.8 Å². The maximum Gasteiger partial charge on any atom is 0.410 e. The molecular weight excluding hydrogens is 483 g/mol. The van der Waals surface area contributed by atoms with Gasteiger partial charge < -0.3 is 19.3 Å². The molecule has 0 unspecified atom stereocenters. The number of rotatable bonds is 4. The summed E-state index contributed by atoms with van der Waals surface area (Å²) in [5.41, 5.74) is 1.78. The van der Waals surface area contributed by atoms with Gasteiger partial charge in [0.25, 0.3) is 0 Å². The SMILES string of the molecule is CC(C)(C)OC(=O)N1C[C@H]2CC[C@@H]1CN(c1nc(OC[C@@]34CCCN3C[C@H](F)C4)nc3scnc13)C2. The third kappa shape index (κ3) is 4.49. The Balaban J connectivity index is 1.24. The number of hydrogen-bond acceptors (Lipinski definition) is 9. The summed E-state index contributed by atoms with van der Waals surface area (Å²) in [6.07, 6.45) is 3.50. The van der Waals surface area contributed by atoms with Gasteiger partial charge in [-0.25, -0.2) is 14.2 Å². The Bertz CT molecular complexity index is 1140. The van der Waals surface area contributed by atoms with Crippen molar-refractivity contribution in [2.45, 2.75) is 76.2 Å². The molecule has 0 radical (unpaired) electrons. The smallest absolute Gasteiger partial charge is 0.410 e. The normalized spacial score (nSPS) is 30.6. The Kier molecular flexibility index (Phi) is 5.98. The van der Waals surface area contributed by atoms with Crippen molar-refractivity contribution in [1.29, 1.82) is 0 Å². The molecule has 196 valence electrons. The Labute approximate surface area is 215 Å². The second-order valence-corrected chi connectivity index (χ2v) is 12.7. The number of ether oxygens (including phenoxy) is 2. The van der Waals surface area contributed by atoms with Gasteiger partial charge >= 0.3 is 12.1 Å². The summed E-state index contributed by atoms with van der Waals surface area (Å²) in [5, 5.41) is 0. The number of fused-ring (bicyclic) bond motifs is 6. The molecule has 0 aromatic carbocycles. The number of carbonyl (C=O) groups is 1. The van der Waals surface area contributed by atoms with Crippen LogP contribution in [0.2, 0.25) is 0 Å². The summed E-state index contributed by atoms with van der Waals surface area (Å²) in [7, 11) is 0. The molecule has 5 saturated heterocycles. The number of nitrogens with zero attached hydrogens (tertiary/aromatic N) is 6. The van der Waals surface area contributed by atoms with Crippen molar-refractivity contribution in [1.82, 2.24) is 24.8 Å². The fraction of sp³-hybridized carbons (Fsp3) is 0.760. The monoisotopic (exact) mass is 518 g/mol. The second-order valence-electron chi connectivity index (χ2n) is 11.8. The third-order valence-electron chi connectivity index (χ3n) is 8.03. The van der Waals surface area contributed by atoms with Crippen LogP contribution in [0.25, 0.3) is 10.3 Å². The van der Waals surface area contributed by atoms with Gasteiger partial charge in [0.2, 0.25) is 0 Å². The number of carbonyl (C=O) groups excluding carboxylic acids is 1. The van der Waals surface area contributed by atoms with E-state index in [1.807, 2.05) is 25.7 Å². The molecule has 5 aliphatic heterocycles. The second kappa shape index (κ2) is 8.93. The summed E-state index contributed by atoms with van der Waals surface area (Å²) < 4.78 is 26.1. The zero-order valence-corrected chi connectivity index (χ0v) is 22.1. The molecule has 0 saturated carbocycles. The third-order valence-corrected chi connectivity index (χ3v) is 8.75. The molecule has 9 nitrogen and oxygen atoms in total. The number of halogens is 1. The molecule has 5 aliphatic rings. The van der Waals surface area contributed by atoms with E-state index in [-0.39, 0.29) is 17.7 Å². The van der Waals surface area contributed by atoms with Gasteiger partial charge in [0.15, 0.2) is 10.6 Å². The summed E-state index contributed by atoms with van der Waals surface area (Å²) >= 11 is 1.47. The van der Waals surface area contributed by atoms with Crippen LogP contribution in [-0.4, -0.2) is 93.5 Å². The lowest BCUT2D eigenvalue weighted by molar-refractivity contribution is 0.00809. The average Bonchev–Trinajstić information content (AvgIpc) is 3.42. The Morgan fingerprint density at radius 3 is 2.92 bits per heavy atom. The summed E-state index contributed by atoms with van der Waals surface area (Å²) in [6, 6.07) is 0.378. The van der Waals surface area contributed by atoms with Crippen LogP contribution in [0, 0.1) is 5.92 Å². The van der Waals surface area contributed by atoms with Gasteiger partial charge in [-0.15, -0.1) is 11.3 Å². The van der Waals surface area contributed by atoms with E-state index in [1.54, 1.807) is 5.51 Å². The molecule has 2 bridgehead atoms.